The molecule has 0 radical (unpaired) electrons. The van der Waals surface area contributed by atoms with Crippen LogP contribution in [0.15, 0.2) is 49.2 Å². The van der Waals surface area contributed by atoms with Crippen molar-refractivity contribution in [2.24, 2.45) is 5.92 Å². The number of rotatable bonds is 5. The first-order chi connectivity index (χ1) is 8.60. The molecule has 1 rings (SSSR count). The van der Waals surface area contributed by atoms with Gasteiger partial charge in [0.1, 0.15) is 0 Å². The van der Waals surface area contributed by atoms with Gasteiger partial charge in [-0.05, 0) is 17.9 Å². The van der Waals surface area contributed by atoms with Gasteiger partial charge < -0.3 is 4.74 Å². The lowest BCUT2D eigenvalue weighted by Gasteiger charge is -2.06. The quantitative estimate of drug-likeness (QED) is 0.584. The van der Waals surface area contributed by atoms with E-state index in [-0.39, 0.29) is 5.97 Å². The van der Waals surface area contributed by atoms with Crippen molar-refractivity contribution < 1.29 is 9.53 Å². The zero-order chi connectivity index (χ0) is 13.8. The molecule has 0 aliphatic heterocycles. The average molecular weight is 246 g/mol. The van der Waals surface area contributed by atoms with Gasteiger partial charge in [-0.25, -0.2) is 0 Å². The van der Waals surface area contributed by atoms with E-state index in [4.69, 9.17) is 4.74 Å². The zero-order valence-corrected chi connectivity index (χ0v) is 11.3. The van der Waals surface area contributed by atoms with Crippen molar-refractivity contribution in [3.8, 4) is 0 Å². The molecule has 2 nitrogen and oxygen atoms in total. The third kappa shape index (κ3) is 9.44. The highest BCUT2D eigenvalue weighted by Gasteiger charge is 2.04. The summed E-state index contributed by atoms with van der Waals surface area (Å²) in [6.07, 6.45) is 1.31. The smallest absolute Gasteiger partial charge is 0.310 e. The Kier molecular flexibility index (Phi) is 9.34. The highest BCUT2D eigenvalue weighted by molar-refractivity contribution is 5.72. The highest BCUT2D eigenvalue weighted by Crippen LogP contribution is 2.03. The van der Waals surface area contributed by atoms with Gasteiger partial charge in [0.15, 0.2) is 0 Å². The second-order valence-corrected chi connectivity index (χ2v) is 4.32. The van der Waals surface area contributed by atoms with Crippen molar-refractivity contribution in [2.75, 3.05) is 6.61 Å². The molecule has 0 fully saturated rings. The Morgan fingerprint density at radius 2 is 1.83 bits per heavy atom. The predicted octanol–water partition coefficient (Wildman–Crippen LogP) is 3.78. The summed E-state index contributed by atoms with van der Waals surface area (Å²) in [5, 5.41) is 0. The van der Waals surface area contributed by atoms with Crippen molar-refractivity contribution >= 4 is 5.97 Å². The van der Waals surface area contributed by atoms with Gasteiger partial charge in [0.25, 0.3) is 0 Å². The van der Waals surface area contributed by atoms with Crippen LogP contribution in [0.1, 0.15) is 25.8 Å². The van der Waals surface area contributed by atoms with Crippen LogP contribution in [0.25, 0.3) is 0 Å². The van der Waals surface area contributed by atoms with Gasteiger partial charge in [-0.1, -0.05) is 57.3 Å². The lowest BCUT2D eigenvalue weighted by atomic mass is 10.1. The Morgan fingerprint density at radius 3 is 2.33 bits per heavy atom. The fourth-order valence-corrected chi connectivity index (χ4v) is 1.22. The predicted molar refractivity (Wildman–Crippen MR) is 75.3 cm³/mol. The van der Waals surface area contributed by atoms with Gasteiger partial charge >= 0.3 is 5.97 Å². The molecule has 0 aliphatic carbocycles. The lowest BCUT2D eigenvalue weighted by Crippen LogP contribution is -2.10. The van der Waals surface area contributed by atoms with Crippen molar-refractivity contribution in [2.45, 2.75) is 26.7 Å². The fraction of sp³-hybridized carbons (Fsp3) is 0.375. The molecule has 0 spiro atoms. The Morgan fingerprint density at radius 1 is 1.28 bits per heavy atom. The molecule has 2 heteroatoms. The fourth-order valence-electron chi connectivity index (χ4n) is 1.22. The topological polar surface area (TPSA) is 26.3 Å². The van der Waals surface area contributed by atoms with Crippen LogP contribution in [0.2, 0.25) is 0 Å². The number of carbonyl (C=O) groups is 1. The second kappa shape index (κ2) is 10.4. The zero-order valence-electron chi connectivity index (χ0n) is 11.3. The van der Waals surface area contributed by atoms with Gasteiger partial charge in [0.05, 0.1) is 13.0 Å². The Balaban J connectivity index is 0.000000873. The Labute approximate surface area is 110 Å². The van der Waals surface area contributed by atoms with Crippen LogP contribution in [-0.2, 0) is 16.0 Å². The normalized spacial score (nSPS) is 9.06. The summed E-state index contributed by atoms with van der Waals surface area (Å²) in [4.78, 5) is 11.4. The lowest BCUT2D eigenvalue weighted by molar-refractivity contribution is -0.143. The molecule has 1 aromatic rings. The second-order valence-electron chi connectivity index (χ2n) is 4.32. The van der Waals surface area contributed by atoms with Crippen LogP contribution in [0.3, 0.4) is 0 Å². The van der Waals surface area contributed by atoms with Gasteiger partial charge in [-0.2, -0.15) is 0 Å². The first-order valence-corrected chi connectivity index (χ1v) is 6.08. The van der Waals surface area contributed by atoms with Crippen molar-refractivity contribution in [1.29, 1.82) is 0 Å². The van der Waals surface area contributed by atoms with Crippen LogP contribution in [-0.4, -0.2) is 12.6 Å². The van der Waals surface area contributed by atoms with E-state index < -0.39 is 0 Å². The first kappa shape index (κ1) is 16.2. The van der Waals surface area contributed by atoms with E-state index in [0.717, 1.165) is 12.0 Å². The third-order valence-electron chi connectivity index (χ3n) is 2.15. The van der Waals surface area contributed by atoms with E-state index in [1.807, 2.05) is 30.3 Å². The number of hydrogen-bond acceptors (Lipinski definition) is 2. The Bertz CT molecular complexity index is 360. The van der Waals surface area contributed by atoms with Crippen molar-refractivity contribution in [3.05, 3.63) is 54.8 Å². The van der Waals surface area contributed by atoms with Crippen LogP contribution in [0.5, 0.6) is 0 Å². The minimum absolute atomic E-state index is 0.137. The molecule has 0 heterocycles. The third-order valence-corrected chi connectivity index (χ3v) is 2.15. The van der Waals surface area contributed by atoms with E-state index in [1.165, 1.54) is 0 Å². The number of ether oxygens (including phenoxy) is 1. The number of esters is 1. The summed E-state index contributed by atoms with van der Waals surface area (Å²) in [5.41, 5.74) is 3.26. The summed E-state index contributed by atoms with van der Waals surface area (Å²) < 4.78 is 5.12. The monoisotopic (exact) mass is 246 g/mol. The molecule has 0 N–H and O–H groups in total. The van der Waals surface area contributed by atoms with E-state index in [9.17, 15) is 4.79 Å². The van der Waals surface area contributed by atoms with Gasteiger partial charge in [-0.3, -0.25) is 4.79 Å². The molecule has 0 saturated carbocycles. The van der Waals surface area contributed by atoms with E-state index in [2.05, 4.69) is 32.7 Å². The molecule has 0 aliphatic rings. The molecular weight excluding hydrogens is 224 g/mol. The highest BCUT2D eigenvalue weighted by atomic mass is 16.5. The number of benzene rings is 1. The average Bonchev–Trinajstić information content (AvgIpc) is 2.30. The molecule has 0 atom stereocenters. The SMILES string of the molecule is C=C=C.CC(C)CCOC(=O)Cc1ccccc1. The maximum atomic E-state index is 11.4. The molecule has 1 aromatic carbocycles. The minimum atomic E-state index is -0.137. The summed E-state index contributed by atoms with van der Waals surface area (Å²) in [7, 11) is 0. The summed E-state index contributed by atoms with van der Waals surface area (Å²) in [6, 6.07) is 9.66. The van der Waals surface area contributed by atoms with Crippen LogP contribution >= 0.6 is 0 Å². The van der Waals surface area contributed by atoms with Crippen molar-refractivity contribution in [3.63, 3.8) is 0 Å². The van der Waals surface area contributed by atoms with E-state index in [1.54, 1.807) is 0 Å². The molecule has 0 saturated heterocycles. The van der Waals surface area contributed by atoms with Crippen LogP contribution in [0, 0.1) is 5.92 Å². The summed E-state index contributed by atoms with van der Waals surface area (Å²) in [6.45, 7) is 11.0. The largest absolute Gasteiger partial charge is 0.465 e. The van der Waals surface area contributed by atoms with Gasteiger partial charge in [0.2, 0.25) is 0 Å². The van der Waals surface area contributed by atoms with Crippen molar-refractivity contribution in [1.82, 2.24) is 0 Å². The minimum Gasteiger partial charge on any atom is -0.465 e. The molecular formula is C16H22O2. The standard InChI is InChI=1S/C13H18O2.C3H4/c1-11(2)8-9-15-13(14)10-12-6-4-3-5-7-12;1-3-2/h3-7,11H,8-10H2,1-2H3;1-2H2. The van der Waals surface area contributed by atoms with E-state index in [0.29, 0.717) is 18.9 Å². The van der Waals surface area contributed by atoms with Gasteiger partial charge in [-0.15, -0.1) is 5.73 Å². The van der Waals surface area contributed by atoms with Crippen LogP contribution < -0.4 is 0 Å². The summed E-state index contributed by atoms with van der Waals surface area (Å²) >= 11 is 0. The summed E-state index contributed by atoms with van der Waals surface area (Å²) in [5.74, 6) is 0.441. The molecule has 0 aromatic heterocycles. The number of carbonyl (C=O) groups excluding carboxylic acids is 1. The number of hydrogen-bond donors (Lipinski definition) is 0. The molecule has 0 amide bonds. The molecule has 98 valence electrons. The maximum absolute atomic E-state index is 11.4. The Hall–Kier alpha value is -1.79. The maximum Gasteiger partial charge on any atom is 0.310 e. The molecule has 0 unspecified atom stereocenters. The van der Waals surface area contributed by atoms with Gasteiger partial charge in [0, 0.05) is 0 Å². The molecule has 18 heavy (non-hydrogen) atoms. The van der Waals surface area contributed by atoms with Crippen LogP contribution in [0.4, 0.5) is 0 Å². The molecule has 0 bridgehead atoms. The van der Waals surface area contributed by atoms with E-state index >= 15 is 0 Å². The first-order valence-electron chi connectivity index (χ1n) is 6.08.